The van der Waals surface area contributed by atoms with E-state index in [9.17, 15) is 4.79 Å². The molecule has 1 atom stereocenters. The fraction of sp³-hybridized carbons (Fsp3) is 0.278. The van der Waals surface area contributed by atoms with E-state index >= 15 is 0 Å². The maximum Gasteiger partial charge on any atom is 0.258 e. The number of anilines is 1. The van der Waals surface area contributed by atoms with Crippen LogP contribution in [-0.4, -0.2) is 26.2 Å². The van der Waals surface area contributed by atoms with E-state index in [1.807, 2.05) is 23.1 Å². The molecule has 120 valence electrons. The molecule has 5 heteroatoms. The molecular formula is C18H18BrNO3. The highest BCUT2D eigenvalue weighted by Crippen LogP contribution is 2.38. The van der Waals surface area contributed by atoms with Crippen molar-refractivity contribution in [3.8, 4) is 11.5 Å². The minimum absolute atomic E-state index is 0.0495. The van der Waals surface area contributed by atoms with E-state index < -0.39 is 0 Å². The third-order valence-electron chi connectivity index (χ3n) is 4.12. The van der Waals surface area contributed by atoms with Gasteiger partial charge in [0.1, 0.15) is 16.0 Å². The van der Waals surface area contributed by atoms with Crippen molar-refractivity contribution in [3.05, 3.63) is 52.0 Å². The summed E-state index contributed by atoms with van der Waals surface area (Å²) in [5, 5.41) is 0. The first-order chi connectivity index (χ1) is 11.1. The van der Waals surface area contributed by atoms with Crippen LogP contribution in [0.5, 0.6) is 11.5 Å². The van der Waals surface area contributed by atoms with Gasteiger partial charge in [-0.05, 0) is 53.0 Å². The molecule has 1 amide bonds. The lowest BCUT2D eigenvalue weighted by Crippen LogP contribution is -2.35. The van der Waals surface area contributed by atoms with Crippen molar-refractivity contribution < 1.29 is 14.3 Å². The Morgan fingerprint density at radius 1 is 1.17 bits per heavy atom. The van der Waals surface area contributed by atoms with Crippen LogP contribution >= 0.6 is 15.9 Å². The second-order valence-electron chi connectivity index (χ2n) is 5.55. The summed E-state index contributed by atoms with van der Waals surface area (Å²) in [6.07, 6.45) is 0.868. The Bertz CT molecular complexity index is 735. The predicted molar refractivity (Wildman–Crippen MR) is 93.7 cm³/mol. The van der Waals surface area contributed by atoms with Gasteiger partial charge in [-0.15, -0.1) is 0 Å². The van der Waals surface area contributed by atoms with E-state index in [1.54, 1.807) is 26.4 Å². The van der Waals surface area contributed by atoms with E-state index in [-0.39, 0.29) is 11.9 Å². The first-order valence-corrected chi connectivity index (χ1v) is 8.19. The Kier molecular flexibility index (Phi) is 4.31. The summed E-state index contributed by atoms with van der Waals surface area (Å²) >= 11 is 3.43. The molecule has 1 aliphatic heterocycles. The molecule has 1 unspecified atom stereocenters. The topological polar surface area (TPSA) is 38.8 Å². The van der Waals surface area contributed by atoms with Crippen molar-refractivity contribution in [2.45, 2.75) is 19.4 Å². The van der Waals surface area contributed by atoms with Gasteiger partial charge < -0.3 is 14.4 Å². The van der Waals surface area contributed by atoms with Crippen LogP contribution < -0.4 is 14.4 Å². The van der Waals surface area contributed by atoms with Crippen LogP contribution in [0, 0.1) is 0 Å². The van der Waals surface area contributed by atoms with Gasteiger partial charge in [-0.3, -0.25) is 4.79 Å². The first kappa shape index (κ1) is 15.9. The summed E-state index contributed by atoms with van der Waals surface area (Å²) in [4.78, 5) is 14.9. The summed E-state index contributed by atoms with van der Waals surface area (Å²) in [5.74, 6) is 1.10. The van der Waals surface area contributed by atoms with Crippen LogP contribution in [0.4, 0.5) is 5.69 Å². The SMILES string of the molecule is COc1cc(C(=O)N2c3ccccc3CC2C)cc(OC)c1Br. The minimum Gasteiger partial charge on any atom is -0.495 e. The number of carbonyl (C=O) groups is 1. The van der Waals surface area contributed by atoms with Gasteiger partial charge in [0.15, 0.2) is 0 Å². The zero-order valence-electron chi connectivity index (χ0n) is 13.3. The molecule has 1 aliphatic rings. The molecule has 3 rings (SSSR count). The van der Waals surface area contributed by atoms with Gasteiger partial charge in [-0.2, -0.15) is 0 Å². The second-order valence-corrected chi connectivity index (χ2v) is 6.34. The molecule has 0 spiro atoms. The fourth-order valence-electron chi connectivity index (χ4n) is 3.01. The first-order valence-electron chi connectivity index (χ1n) is 7.39. The van der Waals surface area contributed by atoms with E-state index in [0.717, 1.165) is 12.1 Å². The van der Waals surface area contributed by atoms with Gasteiger partial charge in [-0.25, -0.2) is 0 Å². The summed E-state index contributed by atoms with van der Waals surface area (Å²) < 4.78 is 11.4. The predicted octanol–water partition coefficient (Wildman–Crippen LogP) is 4.06. The highest BCUT2D eigenvalue weighted by Gasteiger charge is 2.32. The molecule has 0 saturated carbocycles. The summed E-state index contributed by atoms with van der Waals surface area (Å²) in [5.41, 5.74) is 2.72. The van der Waals surface area contributed by atoms with Crippen LogP contribution in [0.1, 0.15) is 22.8 Å². The molecule has 1 heterocycles. The number of carbonyl (C=O) groups excluding carboxylic acids is 1. The number of methoxy groups -OCH3 is 2. The number of hydrogen-bond donors (Lipinski definition) is 0. The quantitative estimate of drug-likeness (QED) is 0.811. The van der Waals surface area contributed by atoms with Crippen molar-refractivity contribution in [1.29, 1.82) is 0 Å². The third-order valence-corrected chi connectivity index (χ3v) is 4.90. The van der Waals surface area contributed by atoms with Crippen molar-refractivity contribution in [2.75, 3.05) is 19.1 Å². The third kappa shape index (κ3) is 2.70. The molecule has 0 fully saturated rings. The van der Waals surface area contributed by atoms with E-state index in [2.05, 4.69) is 28.9 Å². The summed E-state index contributed by atoms with van der Waals surface area (Å²) in [6.45, 7) is 2.06. The number of amides is 1. The fourth-order valence-corrected chi connectivity index (χ4v) is 3.56. The average molecular weight is 376 g/mol. The van der Waals surface area contributed by atoms with Crippen LogP contribution in [-0.2, 0) is 6.42 Å². The van der Waals surface area contributed by atoms with Crippen molar-refractivity contribution in [3.63, 3.8) is 0 Å². The lowest BCUT2D eigenvalue weighted by molar-refractivity contribution is 0.0980. The van der Waals surface area contributed by atoms with Gasteiger partial charge in [0.05, 0.1) is 14.2 Å². The monoisotopic (exact) mass is 375 g/mol. The molecule has 0 radical (unpaired) electrons. The maximum absolute atomic E-state index is 13.1. The lowest BCUT2D eigenvalue weighted by Gasteiger charge is -2.23. The zero-order chi connectivity index (χ0) is 16.6. The van der Waals surface area contributed by atoms with Crippen molar-refractivity contribution >= 4 is 27.5 Å². The number of ether oxygens (including phenoxy) is 2. The highest BCUT2D eigenvalue weighted by atomic mass is 79.9. The molecule has 4 nitrogen and oxygen atoms in total. The van der Waals surface area contributed by atoms with Crippen LogP contribution in [0.3, 0.4) is 0 Å². The van der Waals surface area contributed by atoms with Crippen molar-refractivity contribution in [2.24, 2.45) is 0 Å². The smallest absolute Gasteiger partial charge is 0.258 e. The second kappa shape index (κ2) is 6.24. The highest BCUT2D eigenvalue weighted by molar-refractivity contribution is 9.10. The number of fused-ring (bicyclic) bond motifs is 1. The molecule has 0 aliphatic carbocycles. The van der Waals surface area contributed by atoms with Crippen LogP contribution in [0.15, 0.2) is 40.9 Å². The average Bonchev–Trinajstić information content (AvgIpc) is 2.90. The molecule has 23 heavy (non-hydrogen) atoms. The normalized spacial score (nSPS) is 16.2. The molecule has 0 N–H and O–H groups in total. The van der Waals surface area contributed by atoms with Gasteiger partial charge >= 0.3 is 0 Å². The minimum atomic E-state index is -0.0495. The Hall–Kier alpha value is -2.01. The molecule has 0 saturated heterocycles. The largest absolute Gasteiger partial charge is 0.495 e. The number of benzene rings is 2. The van der Waals surface area contributed by atoms with Crippen LogP contribution in [0.2, 0.25) is 0 Å². The maximum atomic E-state index is 13.1. The number of para-hydroxylation sites is 1. The Morgan fingerprint density at radius 3 is 2.39 bits per heavy atom. The van der Waals surface area contributed by atoms with E-state index in [4.69, 9.17) is 9.47 Å². The Morgan fingerprint density at radius 2 is 1.78 bits per heavy atom. The lowest BCUT2D eigenvalue weighted by atomic mass is 10.1. The van der Waals surface area contributed by atoms with Gasteiger partial charge in [0, 0.05) is 17.3 Å². The molecular weight excluding hydrogens is 358 g/mol. The van der Waals surface area contributed by atoms with Crippen molar-refractivity contribution in [1.82, 2.24) is 0 Å². The Balaban J connectivity index is 2.04. The van der Waals surface area contributed by atoms with Gasteiger partial charge in [-0.1, -0.05) is 18.2 Å². The molecule has 2 aromatic rings. The summed E-state index contributed by atoms with van der Waals surface area (Å²) in [7, 11) is 3.14. The van der Waals surface area contributed by atoms with Gasteiger partial charge in [0.2, 0.25) is 0 Å². The number of hydrogen-bond acceptors (Lipinski definition) is 3. The van der Waals surface area contributed by atoms with E-state index in [1.165, 1.54) is 5.56 Å². The Labute approximate surface area is 144 Å². The van der Waals surface area contributed by atoms with Gasteiger partial charge in [0.25, 0.3) is 5.91 Å². The molecule has 0 aromatic heterocycles. The zero-order valence-corrected chi connectivity index (χ0v) is 14.9. The number of rotatable bonds is 3. The number of halogens is 1. The standard InChI is InChI=1S/C18H18BrNO3/c1-11-8-12-6-4-5-7-14(12)20(11)18(21)13-9-15(22-2)17(19)16(10-13)23-3/h4-7,9-11H,8H2,1-3H3. The molecule has 2 aromatic carbocycles. The van der Waals surface area contributed by atoms with E-state index in [0.29, 0.717) is 21.5 Å². The molecule has 0 bridgehead atoms. The van der Waals surface area contributed by atoms with Crippen LogP contribution in [0.25, 0.3) is 0 Å². The number of nitrogens with zero attached hydrogens (tertiary/aromatic N) is 1. The summed E-state index contributed by atoms with van der Waals surface area (Å²) in [6, 6.07) is 11.6.